The van der Waals surface area contributed by atoms with E-state index in [-0.39, 0.29) is 6.29 Å². The highest BCUT2D eigenvalue weighted by molar-refractivity contribution is 5.96. The van der Waals surface area contributed by atoms with E-state index < -0.39 is 18.1 Å². The second kappa shape index (κ2) is 11.3. The Labute approximate surface area is 154 Å². The van der Waals surface area contributed by atoms with Gasteiger partial charge in [0.2, 0.25) is 0 Å². The van der Waals surface area contributed by atoms with Crippen LogP contribution in [0.15, 0.2) is 41.4 Å². The highest BCUT2D eigenvalue weighted by Gasteiger charge is 2.31. The van der Waals surface area contributed by atoms with Crippen LogP contribution in [0, 0.1) is 0 Å². The Morgan fingerprint density at radius 2 is 1.88 bits per heavy atom. The first-order valence-electron chi connectivity index (χ1n) is 8.38. The fourth-order valence-corrected chi connectivity index (χ4v) is 2.48. The van der Waals surface area contributed by atoms with Gasteiger partial charge >= 0.3 is 0 Å². The number of allylic oxidation sites excluding steroid dienone is 1. The number of aliphatic hydroxyl groups excluding tert-OH is 2. The highest BCUT2D eigenvalue weighted by atomic mass is 16.3. The van der Waals surface area contributed by atoms with Gasteiger partial charge in [-0.25, -0.2) is 0 Å². The van der Waals surface area contributed by atoms with Crippen molar-refractivity contribution in [1.29, 1.82) is 0 Å². The van der Waals surface area contributed by atoms with Crippen LogP contribution in [0.4, 0.5) is 0 Å². The molecule has 0 saturated carbocycles. The van der Waals surface area contributed by atoms with Gasteiger partial charge in [0.15, 0.2) is 12.4 Å². The van der Waals surface area contributed by atoms with Crippen molar-refractivity contribution in [3.63, 3.8) is 0 Å². The van der Waals surface area contributed by atoms with Crippen LogP contribution < -0.4 is 5.32 Å². The number of benzene rings is 1. The summed E-state index contributed by atoms with van der Waals surface area (Å²) < 4.78 is 0. The molecule has 3 N–H and O–H groups in total. The van der Waals surface area contributed by atoms with Crippen LogP contribution in [-0.2, 0) is 22.7 Å². The summed E-state index contributed by atoms with van der Waals surface area (Å²) in [5.74, 6) is -0.624. The molecule has 0 spiro atoms. The van der Waals surface area contributed by atoms with Crippen LogP contribution in [-0.4, -0.2) is 65.9 Å². The molecule has 0 bridgehead atoms. The monoisotopic (exact) mass is 361 g/mol. The molecule has 7 nitrogen and oxygen atoms in total. The predicted octanol–water partition coefficient (Wildman–Crippen LogP) is 0.302. The summed E-state index contributed by atoms with van der Waals surface area (Å²) in [6, 6.07) is 7.57. The van der Waals surface area contributed by atoms with Gasteiger partial charge in [0.1, 0.15) is 6.10 Å². The Hall–Kier alpha value is -2.35. The summed E-state index contributed by atoms with van der Waals surface area (Å²) in [5, 5.41) is 21.6. The zero-order valence-electron chi connectivity index (χ0n) is 15.4. The number of amides is 1. The lowest BCUT2D eigenvalue weighted by atomic mass is 10.1. The van der Waals surface area contributed by atoms with Crippen molar-refractivity contribution < 1.29 is 19.8 Å². The zero-order chi connectivity index (χ0) is 19.5. The summed E-state index contributed by atoms with van der Waals surface area (Å²) in [4.78, 5) is 27.5. The molecule has 1 aromatic carbocycles. The van der Waals surface area contributed by atoms with E-state index in [2.05, 4.69) is 10.3 Å². The molecular weight excluding hydrogens is 334 g/mol. The predicted molar refractivity (Wildman–Crippen MR) is 101 cm³/mol. The van der Waals surface area contributed by atoms with Crippen LogP contribution in [0.2, 0.25) is 0 Å². The van der Waals surface area contributed by atoms with Crippen molar-refractivity contribution >= 4 is 17.9 Å². The van der Waals surface area contributed by atoms with E-state index in [1.807, 2.05) is 50.4 Å². The van der Waals surface area contributed by atoms with Crippen molar-refractivity contribution in [2.75, 3.05) is 20.6 Å². The van der Waals surface area contributed by atoms with Gasteiger partial charge in [-0.1, -0.05) is 30.3 Å². The molecule has 26 heavy (non-hydrogen) atoms. The number of carbonyl (C=O) groups is 2. The third-order valence-electron chi connectivity index (χ3n) is 3.87. The molecule has 0 aromatic heterocycles. The van der Waals surface area contributed by atoms with Crippen molar-refractivity contribution in [2.45, 2.75) is 32.2 Å². The number of carbonyl (C=O) groups excluding carboxylic acids is 2. The van der Waals surface area contributed by atoms with E-state index in [9.17, 15) is 14.7 Å². The number of aldehydes is 1. The zero-order valence-corrected chi connectivity index (χ0v) is 15.4. The molecule has 0 aliphatic carbocycles. The molecule has 0 fully saturated rings. The minimum atomic E-state index is -1.68. The summed E-state index contributed by atoms with van der Waals surface area (Å²) in [5.41, 5.74) is 3.13. The van der Waals surface area contributed by atoms with Gasteiger partial charge in [0.25, 0.3) is 5.91 Å². The van der Waals surface area contributed by atoms with E-state index in [1.165, 1.54) is 4.90 Å². The molecule has 7 heteroatoms. The van der Waals surface area contributed by atoms with Crippen LogP contribution in [0.1, 0.15) is 18.1 Å². The third kappa shape index (κ3) is 6.18. The van der Waals surface area contributed by atoms with Crippen molar-refractivity contribution in [1.82, 2.24) is 10.2 Å². The molecule has 1 aliphatic rings. The van der Waals surface area contributed by atoms with E-state index in [0.717, 1.165) is 23.4 Å². The Morgan fingerprint density at radius 3 is 2.31 bits per heavy atom. The van der Waals surface area contributed by atoms with E-state index in [1.54, 1.807) is 7.05 Å². The number of nitrogens with zero attached hydrogens (tertiary/aromatic N) is 2. The average molecular weight is 361 g/mol. The number of fused-ring (bicyclic) bond motifs is 1. The van der Waals surface area contributed by atoms with Gasteiger partial charge in [-0.2, -0.15) is 0 Å². The van der Waals surface area contributed by atoms with E-state index in [0.29, 0.717) is 13.1 Å². The molecule has 1 heterocycles. The SMILES string of the molecule is C/C=C\C(CNC)=NC.O=CC(O)C(O)C(=O)N1Cc2ccccc2C1. The summed E-state index contributed by atoms with van der Waals surface area (Å²) in [7, 11) is 3.71. The topological polar surface area (TPSA) is 102 Å². The van der Waals surface area contributed by atoms with Crippen molar-refractivity contribution in [2.24, 2.45) is 4.99 Å². The first-order valence-corrected chi connectivity index (χ1v) is 8.38. The summed E-state index contributed by atoms with van der Waals surface area (Å²) in [6.45, 7) is 3.64. The van der Waals surface area contributed by atoms with Crippen LogP contribution in [0.3, 0.4) is 0 Å². The molecule has 1 aromatic rings. The normalized spacial score (nSPS) is 15.9. The fraction of sp³-hybridized carbons (Fsp3) is 0.421. The molecule has 142 valence electrons. The Kier molecular flexibility index (Phi) is 9.43. The number of rotatable bonds is 6. The smallest absolute Gasteiger partial charge is 0.255 e. The number of nitrogens with one attached hydrogen (secondary N) is 1. The van der Waals surface area contributed by atoms with Crippen LogP contribution >= 0.6 is 0 Å². The number of hydrogen-bond donors (Lipinski definition) is 3. The second-order valence-corrected chi connectivity index (χ2v) is 5.78. The molecule has 2 atom stereocenters. The highest BCUT2D eigenvalue weighted by Crippen LogP contribution is 2.22. The average Bonchev–Trinajstić information content (AvgIpc) is 3.10. The maximum atomic E-state index is 11.8. The minimum absolute atomic E-state index is 0.159. The van der Waals surface area contributed by atoms with Crippen molar-refractivity contribution in [3.8, 4) is 0 Å². The Balaban J connectivity index is 0.000000321. The second-order valence-electron chi connectivity index (χ2n) is 5.78. The van der Waals surface area contributed by atoms with E-state index in [4.69, 9.17) is 5.11 Å². The Bertz CT molecular complexity index is 633. The molecule has 0 radical (unpaired) electrons. The lowest BCUT2D eigenvalue weighted by molar-refractivity contribution is -0.149. The molecule has 2 rings (SSSR count). The maximum Gasteiger partial charge on any atom is 0.255 e. The first kappa shape index (κ1) is 21.7. The minimum Gasteiger partial charge on any atom is -0.382 e. The molecule has 2 unspecified atom stereocenters. The number of aliphatic hydroxyl groups is 2. The Morgan fingerprint density at radius 1 is 1.31 bits per heavy atom. The molecule has 1 amide bonds. The lowest BCUT2D eigenvalue weighted by Crippen LogP contribution is -2.43. The molecule has 1 aliphatic heterocycles. The van der Waals surface area contributed by atoms with Gasteiger partial charge in [-0.15, -0.1) is 0 Å². The first-order chi connectivity index (χ1) is 12.5. The van der Waals surface area contributed by atoms with Gasteiger partial charge in [-0.3, -0.25) is 9.79 Å². The third-order valence-corrected chi connectivity index (χ3v) is 3.87. The quantitative estimate of drug-likeness (QED) is 0.500. The largest absolute Gasteiger partial charge is 0.382 e. The standard InChI is InChI=1S/C12H13NO4.C7H14N2/c14-7-10(15)11(16)12(17)13-5-8-3-1-2-4-9(8)6-13;1-4-5-7(9-3)6-8-2/h1-4,7,10-11,15-16H,5-6H2;4-5,8H,6H2,1-3H3/b;5-4-,9-7?. The summed E-state index contributed by atoms with van der Waals surface area (Å²) >= 11 is 0. The molecule has 0 saturated heterocycles. The number of hydrogen-bond acceptors (Lipinski definition) is 6. The van der Waals surface area contributed by atoms with Gasteiger partial charge in [-0.05, 0) is 31.2 Å². The van der Waals surface area contributed by atoms with Gasteiger partial charge in [0, 0.05) is 32.4 Å². The molecular formula is C19H27N3O4. The summed E-state index contributed by atoms with van der Waals surface area (Å²) in [6.07, 6.45) is 0.801. The van der Waals surface area contributed by atoms with Gasteiger partial charge in [0.05, 0.1) is 0 Å². The van der Waals surface area contributed by atoms with E-state index >= 15 is 0 Å². The maximum absolute atomic E-state index is 11.8. The van der Waals surface area contributed by atoms with Crippen molar-refractivity contribution in [3.05, 3.63) is 47.5 Å². The van der Waals surface area contributed by atoms with Crippen LogP contribution in [0.25, 0.3) is 0 Å². The fourth-order valence-electron chi connectivity index (χ4n) is 2.48. The number of aliphatic imine (C=N–C) groups is 1. The van der Waals surface area contributed by atoms with Crippen LogP contribution in [0.5, 0.6) is 0 Å². The van der Waals surface area contributed by atoms with Gasteiger partial charge < -0.3 is 25.2 Å². The lowest BCUT2D eigenvalue weighted by Gasteiger charge is -2.20.